The summed E-state index contributed by atoms with van der Waals surface area (Å²) in [6, 6.07) is 3.66. The monoisotopic (exact) mass is 474 g/mol. The number of carbonyl (C=O) groups excluding carboxylic acids is 2. The predicted molar refractivity (Wildman–Crippen MR) is 128 cm³/mol. The zero-order valence-corrected chi connectivity index (χ0v) is 20.2. The van der Waals surface area contributed by atoms with Crippen LogP contribution < -0.4 is 5.32 Å². The molecule has 0 radical (unpaired) electrons. The second kappa shape index (κ2) is 11.3. The van der Waals surface area contributed by atoms with Crippen molar-refractivity contribution in [1.82, 2.24) is 19.6 Å². The van der Waals surface area contributed by atoms with Crippen LogP contribution in [-0.2, 0) is 9.53 Å². The number of piperidine rings is 1. The molecule has 0 bridgehead atoms. The lowest BCUT2D eigenvalue weighted by Gasteiger charge is -2.38. The Morgan fingerprint density at radius 1 is 1.18 bits per heavy atom. The van der Waals surface area contributed by atoms with E-state index < -0.39 is 0 Å². The highest BCUT2D eigenvalue weighted by Crippen LogP contribution is 2.33. The van der Waals surface area contributed by atoms with Crippen LogP contribution in [0.2, 0.25) is 0 Å². The lowest BCUT2D eigenvalue weighted by Crippen LogP contribution is -2.47. The molecule has 3 atom stereocenters. The zero-order chi connectivity index (χ0) is 23.2. The number of pyridine rings is 1. The van der Waals surface area contributed by atoms with Gasteiger partial charge in [-0.1, -0.05) is 12.8 Å². The summed E-state index contributed by atoms with van der Waals surface area (Å²) in [7, 11) is 1.70. The van der Waals surface area contributed by atoms with Crippen LogP contribution in [0.25, 0.3) is 5.65 Å². The first kappa shape index (κ1) is 24.0. The maximum Gasteiger partial charge on any atom is 0.252 e. The number of likely N-dealkylation sites (tertiary alicyclic amines) is 1. The number of alkyl halides is 1. The molecule has 2 aliphatic rings. The van der Waals surface area contributed by atoms with Crippen molar-refractivity contribution in [1.29, 1.82) is 0 Å². The number of fused-ring (bicyclic) bond motifs is 1. The van der Waals surface area contributed by atoms with Crippen molar-refractivity contribution in [2.45, 2.75) is 62.8 Å². The summed E-state index contributed by atoms with van der Waals surface area (Å²) in [6.45, 7) is 2.34. The molecular weight excluding hydrogens is 440 g/mol. The minimum absolute atomic E-state index is 0.00213. The standard InChI is InChI=1S/C25H35ClN4O3/c1-33-22-7-6-20(26)16-21(22)25(32)29-13-9-18(10-14-29)4-2-3-11-28-24(31)19-5-8-23-27-12-15-30(23)17-19/h5,8,12,15,17-18,20-22H,2-4,6-7,9-11,13-14,16H2,1H3,(H,28,31). The van der Waals surface area contributed by atoms with Crippen molar-refractivity contribution in [3.63, 3.8) is 0 Å². The minimum Gasteiger partial charge on any atom is -0.381 e. The summed E-state index contributed by atoms with van der Waals surface area (Å²) in [5, 5.41) is 3.10. The van der Waals surface area contributed by atoms with Crippen LogP contribution in [-0.4, -0.2) is 64.3 Å². The molecule has 2 amide bonds. The number of rotatable bonds is 8. The Morgan fingerprint density at radius 3 is 2.79 bits per heavy atom. The fraction of sp³-hybridized carbons (Fsp3) is 0.640. The van der Waals surface area contributed by atoms with Crippen molar-refractivity contribution >= 4 is 29.1 Å². The summed E-state index contributed by atoms with van der Waals surface area (Å²) < 4.78 is 7.43. The predicted octanol–water partition coefficient (Wildman–Crippen LogP) is 3.90. The second-order valence-electron chi connectivity index (χ2n) is 9.42. The third kappa shape index (κ3) is 6.07. The number of aromatic nitrogens is 2. The molecule has 1 N–H and O–H groups in total. The number of nitrogens with zero attached hydrogens (tertiary/aromatic N) is 3. The summed E-state index contributed by atoms with van der Waals surface area (Å²) in [4.78, 5) is 31.6. The number of hydrogen-bond donors (Lipinski definition) is 1. The van der Waals surface area contributed by atoms with Crippen LogP contribution in [0.15, 0.2) is 30.7 Å². The van der Waals surface area contributed by atoms with Gasteiger partial charge in [0.1, 0.15) is 5.65 Å². The molecule has 1 saturated carbocycles. The summed E-state index contributed by atoms with van der Waals surface area (Å²) in [5.74, 6) is 0.732. The number of halogens is 1. The SMILES string of the molecule is COC1CCC(Cl)CC1C(=O)N1CCC(CCCCNC(=O)c2ccc3nccn3c2)CC1. The minimum atomic E-state index is -0.0964. The number of amides is 2. The molecule has 2 aromatic heterocycles. The highest BCUT2D eigenvalue weighted by Gasteiger charge is 2.37. The van der Waals surface area contributed by atoms with Gasteiger partial charge in [-0.3, -0.25) is 9.59 Å². The Morgan fingerprint density at radius 2 is 2.00 bits per heavy atom. The average molecular weight is 475 g/mol. The van der Waals surface area contributed by atoms with E-state index in [2.05, 4.69) is 10.3 Å². The molecule has 0 aromatic carbocycles. The van der Waals surface area contributed by atoms with E-state index in [9.17, 15) is 9.59 Å². The largest absolute Gasteiger partial charge is 0.381 e. The topological polar surface area (TPSA) is 75.9 Å². The van der Waals surface area contributed by atoms with Crippen molar-refractivity contribution < 1.29 is 14.3 Å². The van der Waals surface area contributed by atoms with E-state index in [4.69, 9.17) is 16.3 Å². The maximum absolute atomic E-state index is 13.1. The molecule has 2 aromatic rings. The van der Waals surface area contributed by atoms with Crippen molar-refractivity contribution in [3.05, 3.63) is 36.3 Å². The van der Waals surface area contributed by atoms with E-state index >= 15 is 0 Å². The first-order valence-corrected chi connectivity index (χ1v) is 12.7. The lowest BCUT2D eigenvalue weighted by molar-refractivity contribution is -0.143. The Bertz CT molecular complexity index is 941. The van der Waals surface area contributed by atoms with Gasteiger partial charge in [0.2, 0.25) is 5.91 Å². The van der Waals surface area contributed by atoms with Crippen LogP contribution in [0.1, 0.15) is 61.7 Å². The van der Waals surface area contributed by atoms with Gasteiger partial charge in [-0.15, -0.1) is 11.6 Å². The van der Waals surface area contributed by atoms with Crippen LogP contribution in [0, 0.1) is 11.8 Å². The number of carbonyl (C=O) groups is 2. The Hall–Kier alpha value is -2.12. The van der Waals surface area contributed by atoms with Gasteiger partial charge in [0.15, 0.2) is 0 Å². The van der Waals surface area contributed by atoms with Crippen LogP contribution in [0.5, 0.6) is 0 Å². The van der Waals surface area contributed by atoms with Crippen LogP contribution in [0.4, 0.5) is 0 Å². The van der Waals surface area contributed by atoms with Gasteiger partial charge in [0.25, 0.3) is 5.91 Å². The Balaban J connectivity index is 1.13. The number of ether oxygens (including phenoxy) is 1. The summed E-state index contributed by atoms with van der Waals surface area (Å²) in [6.07, 6.45) is 13.2. The molecule has 7 nitrogen and oxygen atoms in total. The number of hydrogen-bond acceptors (Lipinski definition) is 4. The van der Waals surface area contributed by atoms with Gasteiger partial charge in [-0.25, -0.2) is 4.98 Å². The smallest absolute Gasteiger partial charge is 0.252 e. The van der Waals surface area contributed by atoms with E-state index in [1.54, 1.807) is 13.3 Å². The molecule has 0 spiro atoms. The van der Waals surface area contributed by atoms with E-state index in [1.807, 2.05) is 33.8 Å². The average Bonchev–Trinajstić information content (AvgIpc) is 3.31. The van der Waals surface area contributed by atoms with Crippen molar-refractivity contribution in [2.75, 3.05) is 26.7 Å². The number of nitrogens with one attached hydrogen (secondary N) is 1. The Labute approximate surface area is 200 Å². The third-order valence-corrected chi connectivity index (χ3v) is 7.64. The first-order valence-electron chi connectivity index (χ1n) is 12.2. The molecule has 33 heavy (non-hydrogen) atoms. The van der Waals surface area contributed by atoms with E-state index in [1.165, 1.54) is 0 Å². The van der Waals surface area contributed by atoms with Crippen molar-refractivity contribution in [3.8, 4) is 0 Å². The van der Waals surface area contributed by atoms with E-state index in [0.717, 1.165) is 70.1 Å². The fourth-order valence-corrected chi connectivity index (χ4v) is 5.54. The van der Waals surface area contributed by atoms with Gasteiger partial charge in [-0.05, 0) is 56.6 Å². The van der Waals surface area contributed by atoms with Gasteiger partial charge < -0.3 is 19.4 Å². The fourth-order valence-electron chi connectivity index (χ4n) is 5.23. The molecule has 3 unspecified atom stereocenters. The highest BCUT2D eigenvalue weighted by atomic mass is 35.5. The zero-order valence-electron chi connectivity index (χ0n) is 19.4. The number of unbranched alkanes of at least 4 members (excludes halogenated alkanes) is 1. The molecule has 3 heterocycles. The quantitative estimate of drug-likeness (QED) is 0.465. The molecule has 1 saturated heterocycles. The molecule has 1 aliphatic carbocycles. The molecular formula is C25H35ClN4O3. The highest BCUT2D eigenvalue weighted by molar-refractivity contribution is 6.20. The third-order valence-electron chi connectivity index (χ3n) is 7.24. The summed E-state index contributed by atoms with van der Waals surface area (Å²) in [5.41, 5.74) is 1.48. The maximum atomic E-state index is 13.1. The molecule has 180 valence electrons. The molecule has 8 heteroatoms. The number of methoxy groups -OCH3 is 1. The molecule has 2 fully saturated rings. The van der Waals surface area contributed by atoms with Gasteiger partial charge in [-0.2, -0.15) is 0 Å². The van der Waals surface area contributed by atoms with Crippen molar-refractivity contribution in [2.24, 2.45) is 11.8 Å². The summed E-state index contributed by atoms with van der Waals surface area (Å²) >= 11 is 6.34. The molecule has 1 aliphatic heterocycles. The van der Waals surface area contributed by atoms with Gasteiger partial charge in [0.05, 0.1) is 17.6 Å². The first-order chi connectivity index (χ1) is 16.0. The lowest BCUT2D eigenvalue weighted by atomic mass is 9.84. The Kier molecular flexibility index (Phi) is 8.25. The van der Waals surface area contributed by atoms with E-state index in [0.29, 0.717) is 18.0 Å². The normalized spacial score (nSPS) is 24.2. The molecule has 4 rings (SSSR count). The van der Waals surface area contributed by atoms with Crippen LogP contribution in [0.3, 0.4) is 0 Å². The second-order valence-corrected chi connectivity index (χ2v) is 10.0. The number of imidazole rings is 1. The van der Waals surface area contributed by atoms with Crippen LogP contribution >= 0.6 is 11.6 Å². The van der Waals surface area contributed by atoms with Gasteiger partial charge in [0, 0.05) is 50.7 Å². The van der Waals surface area contributed by atoms with Gasteiger partial charge >= 0.3 is 0 Å². The van der Waals surface area contributed by atoms with E-state index in [-0.39, 0.29) is 29.2 Å².